The van der Waals surface area contributed by atoms with E-state index in [1.807, 2.05) is 62.0 Å². The van der Waals surface area contributed by atoms with Gasteiger partial charge >= 0.3 is 5.97 Å². The van der Waals surface area contributed by atoms with Crippen LogP contribution in [0.15, 0.2) is 79.4 Å². The van der Waals surface area contributed by atoms with Crippen molar-refractivity contribution in [1.82, 2.24) is 14.1 Å². The standard InChI is InChI=1S/C29H25N3O4/c1-19-28(29(33)34-2)25(24-9-5-7-21-6-3-4-8-23(21)24)16-31(19)15-22-13-30-17-32(22)14-20-10-11-26-27(12-20)36-18-35-26/h3-13,16-17H,14-15,18H2,1-2H3. The largest absolute Gasteiger partial charge is 0.465 e. The van der Waals surface area contributed by atoms with Crippen LogP contribution in [0.1, 0.15) is 27.3 Å². The van der Waals surface area contributed by atoms with Crippen LogP contribution in [-0.4, -0.2) is 34.0 Å². The molecule has 0 atom stereocenters. The number of benzene rings is 3. The van der Waals surface area contributed by atoms with E-state index in [2.05, 4.69) is 38.4 Å². The molecule has 7 heteroatoms. The lowest BCUT2D eigenvalue weighted by Crippen LogP contribution is -2.10. The molecule has 1 aliphatic rings. The third kappa shape index (κ3) is 3.79. The first kappa shape index (κ1) is 22.0. The molecule has 2 aromatic heterocycles. The number of aromatic nitrogens is 3. The molecule has 3 aromatic carbocycles. The van der Waals surface area contributed by atoms with Gasteiger partial charge in [-0.2, -0.15) is 0 Å². The molecule has 0 aliphatic carbocycles. The van der Waals surface area contributed by atoms with Crippen LogP contribution in [-0.2, 0) is 17.8 Å². The number of hydrogen-bond donors (Lipinski definition) is 0. The maximum atomic E-state index is 12.9. The predicted octanol–water partition coefficient (Wildman–Crippen LogP) is 5.43. The second-order valence-corrected chi connectivity index (χ2v) is 8.85. The zero-order chi connectivity index (χ0) is 24.6. The van der Waals surface area contributed by atoms with Crippen molar-refractivity contribution in [2.45, 2.75) is 20.0 Å². The quantitative estimate of drug-likeness (QED) is 0.304. The summed E-state index contributed by atoms with van der Waals surface area (Å²) in [6, 6.07) is 20.3. The first-order valence-corrected chi connectivity index (χ1v) is 11.8. The highest BCUT2D eigenvalue weighted by atomic mass is 16.7. The first-order chi connectivity index (χ1) is 17.6. The molecule has 0 unspecified atom stereocenters. The van der Waals surface area contributed by atoms with Gasteiger partial charge in [-0.25, -0.2) is 9.78 Å². The normalized spacial score (nSPS) is 12.3. The zero-order valence-corrected chi connectivity index (χ0v) is 20.1. The summed E-state index contributed by atoms with van der Waals surface area (Å²) in [7, 11) is 1.42. The van der Waals surface area contributed by atoms with Crippen molar-refractivity contribution in [1.29, 1.82) is 0 Å². The lowest BCUT2D eigenvalue weighted by atomic mass is 9.97. The minimum Gasteiger partial charge on any atom is -0.465 e. The fourth-order valence-electron chi connectivity index (χ4n) is 4.88. The Morgan fingerprint density at radius 2 is 1.81 bits per heavy atom. The van der Waals surface area contributed by atoms with Crippen molar-refractivity contribution in [3.05, 3.63) is 102 Å². The third-order valence-electron chi connectivity index (χ3n) is 6.74. The molecule has 0 radical (unpaired) electrons. The molecule has 0 fully saturated rings. The number of nitrogens with zero attached hydrogens (tertiary/aromatic N) is 3. The van der Waals surface area contributed by atoms with Crippen LogP contribution < -0.4 is 9.47 Å². The minimum absolute atomic E-state index is 0.254. The molecule has 0 bridgehead atoms. The number of rotatable bonds is 6. The average molecular weight is 480 g/mol. The molecule has 5 aromatic rings. The van der Waals surface area contributed by atoms with Gasteiger partial charge in [0.2, 0.25) is 6.79 Å². The fraction of sp³-hybridized carbons (Fsp3) is 0.172. The van der Waals surface area contributed by atoms with Crippen LogP contribution in [0.3, 0.4) is 0 Å². The Labute approximate surface area is 208 Å². The highest BCUT2D eigenvalue weighted by Gasteiger charge is 2.23. The van der Waals surface area contributed by atoms with Gasteiger partial charge in [0.25, 0.3) is 0 Å². The Morgan fingerprint density at radius 3 is 2.69 bits per heavy atom. The summed E-state index contributed by atoms with van der Waals surface area (Å²) in [5.74, 6) is 1.18. The van der Waals surface area contributed by atoms with E-state index in [1.54, 1.807) is 0 Å². The van der Waals surface area contributed by atoms with E-state index < -0.39 is 0 Å². The first-order valence-electron chi connectivity index (χ1n) is 11.8. The van der Waals surface area contributed by atoms with Gasteiger partial charge in [-0.3, -0.25) is 0 Å². The summed E-state index contributed by atoms with van der Waals surface area (Å²) in [5, 5.41) is 2.22. The number of ether oxygens (including phenoxy) is 3. The molecule has 0 saturated heterocycles. The lowest BCUT2D eigenvalue weighted by molar-refractivity contribution is 0.0600. The van der Waals surface area contributed by atoms with Crippen molar-refractivity contribution in [2.75, 3.05) is 13.9 Å². The number of hydrogen-bond acceptors (Lipinski definition) is 5. The van der Waals surface area contributed by atoms with E-state index >= 15 is 0 Å². The van der Waals surface area contributed by atoms with Crippen molar-refractivity contribution >= 4 is 16.7 Å². The Balaban J connectivity index is 1.37. The van der Waals surface area contributed by atoms with Gasteiger partial charge < -0.3 is 23.3 Å². The molecular weight excluding hydrogens is 454 g/mol. The number of imidazole rings is 1. The highest BCUT2D eigenvalue weighted by Crippen LogP contribution is 2.35. The van der Waals surface area contributed by atoms with Gasteiger partial charge in [0.05, 0.1) is 31.2 Å². The maximum absolute atomic E-state index is 12.9. The second kappa shape index (κ2) is 8.92. The highest BCUT2D eigenvalue weighted by molar-refractivity contribution is 6.05. The topological polar surface area (TPSA) is 67.5 Å². The number of fused-ring (bicyclic) bond motifs is 2. The Kier molecular flexibility index (Phi) is 5.45. The van der Waals surface area contributed by atoms with Crippen molar-refractivity contribution in [3.63, 3.8) is 0 Å². The second-order valence-electron chi connectivity index (χ2n) is 8.85. The fourth-order valence-corrected chi connectivity index (χ4v) is 4.88. The molecule has 1 aliphatic heterocycles. The summed E-state index contributed by atoms with van der Waals surface area (Å²) in [6.45, 7) is 3.42. The smallest absolute Gasteiger partial charge is 0.340 e. The SMILES string of the molecule is COC(=O)c1c(-c2cccc3ccccc23)cn(Cc2cncn2Cc2ccc3c(c2)OCO3)c1C. The summed E-state index contributed by atoms with van der Waals surface area (Å²) < 4.78 is 20.3. The molecule has 0 N–H and O–H groups in total. The molecule has 3 heterocycles. The van der Waals surface area contributed by atoms with Crippen molar-refractivity contribution in [3.8, 4) is 22.6 Å². The Hall–Kier alpha value is -4.52. The minimum atomic E-state index is -0.344. The van der Waals surface area contributed by atoms with E-state index in [1.165, 1.54) is 7.11 Å². The third-order valence-corrected chi connectivity index (χ3v) is 6.74. The van der Waals surface area contributed by atoms with Crippen LogP contribution in [0.4, 0.5) is 0 Å². The zero-order valence-electron chi connectivity index (χ0n) is 20.1. The molecule has 6 rings (SSSR count). The summed E-state index contributed by atoms with van der Waals surface area (Å²) in [4.78, 5) is 17.3. The van der Waals surface area contributed by atoms with E-state index in [0.29, 0.717) is 18.7 Å². The molecule has 0 spiro atoms. The van der Waals surface area contributed by atoms with E-state index in [4.69, 9.17) is 14.2 Å². The maximum Gasteiger partial charge on any atom is 0.340 e. The molecule has 180 valence electrons. The summed E-state index contributed by atoms with van der Waals surface area (Å²) >= 11 is 0. The number of esters is 1. The van der Waals surface area contributed by atoms with Crippen LogP contribution in [0, 0.1) is 6.92 Å². The number of carbonyl (C=O) groups excluding carboxylic acids is 1. The van der Waals surface area contributed by atoms with Crippen molar-refractivity contribution < 1.29 is 19.0 Å². The van der Waals surface area contributed by atoms with Crippen LogP contribution in [0.5, 0.6) is 11.5 Å². The molecule has 7 nitrogen and oxygen atoms in total. The van der Waals surface area contributed by atoms with E-state index in [-0.39, 0.29) is 12.8 Å². The summed E-state index contributed by atoms with van der Waals surface area (Å²) in [6.07, 6.45) is 5.73. The Bertz CT molecular complexity index is 1590. The van der Waals surface area contributed by atoms with Crippen molar-refractivity contribution in [2.24, 2.45) is 0 Å². The van der Waals surface area contributed by atoms with Crippen LogP contribution in [0.2, 0.25) is 0 Å². The van der Waals surface area contributed by atoms with E-state index in [0.717, 1.165) is 50.3 Å². The van der Waals surface area contributed by atoms with Gasteiger partial charge in [0.15, 0.2) is 11.5 Å². The van der Waals surface area contributed by atoms with Gasteiger partial charge in [0, 0.05) is 30.2 Å². The monoisotopic (exact) mass is 479 g/mol. The number of carbonyl (C=O) groups is 1. The predicted molar refractivity (Wildman–Crippen MR) is 136 cm³/mol. The van der Waals surface area contributed by atoms with Gasteiger partial charge in [-0.05, 0) is 41.0 Å². The molecular formula is C29H25N3O4. The van der Waals surface area contributed by atoms with Gasteiger partial charge in [0.1, 0.15) is 0 Å². The average Bonchev–Trinajstić information content (AvgIpc) is 3.63. The van der Waals surface area contributed by atoms with E-state index in [9.17, 15) is 4.79 Å². The van der Waals surface area contributed by atoms with Gasteiger partial charge in [-0.1, -0.05) is 48.5 Å². The summed E-state index contributed by atoms with van der Waals surface area (Å²) in [5.41, 5.74) is 5.40. The van der Waals surface area contributed by atoms with Crippen LogP contribution in [0.25, 0.3) is 21.9 Å². The number of methoxy groups -OCH3 is 1. The van der Waals surface area contributed by atoms with Crippen LogP contribution >= 0.6 is 0 Å². The molecule has 0 saturated carbocycles. The Morgan fingerprint density at radius 1 is 0.972 bits per heavy atom. The van der Waals surface area contributed by atoms with Gasteiger partial charge in [-0.15, -0.1) is 0 Å². The molecule has 36 heavy (non-hydrogen) atoms. The molecule has 0 amide bonds. The lowest BCUT2D eigenvalue weighted by Gasteiger charge is -2.11.